The Balaban J connectivity index is 1.65. The molecule has 3 aromatic carbocycles. The van der Waals surface area contributed by atoms with Crippen molar-refractivity contribution >= 4 is 26.6 Å². The third-order valence-corrected chi connectivity index (χ3v) is 6.17. The highest BCUT2D eigenvalue weighted by atomic mass is 32.2. The zero-order valence-electron chi connectivity index (χ0n) is 16.6. The Morgan fingerprint density at radius 2 is 1.70 bits per heavy atom. The van der Waals surface area contributed by atoms with Gasteiger partial charge in [-0.25, -0.2) is 0 Å². The average Bonchev–Trinajstić information content (AvgIpc) is 2.80. The van der Waals surface area contributed by atoms with Gasteiger partial charge in [0.25, 0.3) is 10.0 Å². The van der Waals surface area contributed by atoms with Crippen molar-refractivity contribution in [2.24, 2.45) is 5.10 Å². The van der Waals surface area contributed by atoms with E-state index in [0.717, 1.165) is 22.1 Å². The van der Waals surface area contributed by atoms with Crippen LogP contribution in [-0.2, 0) is 14.8 Å². The number of ether oxygens (including phenoxy) is 2. The highest BCUT2D eigenvalue weighted by Crippen LogP contribution is 2.19. The molecule has 0 atom stereocenters. The zero-order chi connectivity index (χ0) is 21.0. The number of benzene rings is 3. The van der Waals surface area contributed by atoms with E-state index in [4.69, 9.17) is 9.47 Å². The van der Waals surface area contributed by atoms with Crippen molar-refractivity contribution < 1.29 is 17.9 Å². The summed E-state index contributed by atoms with van der Waals surface area (Å²) in [5.74, 6) is 1.27. The summed E-state index contributed by atoms with van der Waals surface area (Å²) in [6.45, 7) is 2.38. The summed E-state index contributed by atoms with van der Waals surface area (Å²) >= 11 is 0. The largest absolute Gasteiger partial charge is 0.497 e. The number of morpholine rings is 1. The standard InChI is InChI=1S/C22H23N3O4S/c1-28-20-9-6-18(7-10-20)22(25-12-14-29-15-13-25)23-24-30(26,27)21-11-8-17-4-2-3-5-19(17)16-21/h2-11,16,24H,12-15H2,1H3/b23-22+. The van der Waals surface area contributed by atoms with Crippen LogP contribution >= 0.6 is 0 Å². The predicted octanol–water partition coefficient (Wildman–Crippen LogP) is 2.82. The summed E-state index contributed by atoms with van der Waals surface area (Å²) in [7, 11) is -2.23. The van der Waals surface area contributed by atoms with Gasteiger partial charge in [-0.3, -0.25) is 0 Å². The maximum absolute atomic E-state index is 12.9. The number of hydrazone groups is 1. The van der Waals surface area contributed by atoms with Crippen molar-refractivity contribution in [1.29, 1.82) is 0 Å². The van der Waals surface area contributed by atoms with Crippen LogP contribution in [0.3, 0.4) is 0 Å². The van der Waals surface area contributed by atoms with Crippen molar-refractivity contribution in [2.75, 3.05) is 33.4 Å². The molecule has 1 aliphatic heterocycles. The number of nitrogens with zero attached hydrogens (tertiary/aromatic N) is 2. The van der Waals surface area contributed by atoms with Gasteiger partial charge in [0.1, 0.15) is 5.75 Å². The van der Waals surface area contributed by atoms with E-state index < -0.39 is 10.0 Å². The van der Waals surface area contributed by atoms with E-state index in [1.165, 1.54) is 0 Å². The van der Waals surface area contributed by atoms with Gasteiger partial charge < -0.3 is 14.4 Å². The molecule has 30 heavy (non-hydrogen) atoms. The van der Waals surface area contributed by atoms with E-state index in [2.05, 4.69) is 9.93 Å². The van der Waals surface area contributed by atoms with E-state index in [-0.39, 0.29) is 4.90 Å². The number of hydrogen-bond donors (Lipinski definition) is 1. The number of rotatable bonds is 5. The Hall–Kier alpha value is -3.10. The Kier molecular flexibility index (Phi) is 5.87. The lowest BCUT2D eigenvalue weighted by atomic mass is 10.1. The van der Waals surface area contributed by atoms with Crippen LogP contribution in [0, 0.1) is 0 Å². The fourth-order valence-corrected chi connectivity index (χ4v) is 4.17. The van der Waals surface area contributed by atoms with Crippen LogP contribution in [0.4, 0.5) is 0 Å². The number of amidine groups is 1. The molecular formula is C22H23N3O4S. The fraction of sp³-hybridized carbons (Fsp3) is 0.227. The lowest BCUT2D eigenvalue weighted by Gasteiger charge is -2.29. The molecule has 7 nitrogen and oxygen atoms in total. The SMILES string of the molecule is COc1ccc(/C(=N\NS(=O)(=O)c2ccc3ccccc3c2)N2CCOCC2)cc1. The Labute approximate surface area is 176 Å². The quantitative estimate of drug-likeness (QED) is 0.386. The van der Waals surface area contributed by atoms with E-state index in [0.29, 0.717) is 32.1 Å². The fourth-order valence-electron chi connectivity index (χ4n) is 3.32. The molecule has 0 amide bonds. The van der Waals surface area contributed by atoms with Gasteiger partial charge in [0.15, 0.2) is 5.84 Å². The Bertz CT molecular complexity index is 1150. The second kappa shape index (κ2) is 8.73. The van der Waals surface area contributed by atoms with Crippen LogP contribution < -0.4 is 9.57 Å². The van der Waals surface area contributed by atoms with Gasteiger partial charge in [0, 0.05) is 18.7 Å². The molecule has 1 aliphatic rings. The minimum Gasteiger partial charge on any atom is -0.497 e. The molecule has 4 rings (SSSR count). The number of nitrogens with one attached hydrogen (secondary N) is 1. The van der Waals surface area contributed by atoms with Crippen molar-refractivity contribution in [3.05, 3.63) is 72.3 Å². The van der Waals surface area contributed by atoms with Crippen LogP contribution in [0.5, 0.6) is 5.75 Å². The maximum atomic E-state index is 12.9. The molecule has 156 valence electrons. The third-order valence-electron chi connectivity index (χ3n) is 4.96. The molecule has 1 fully saturated rings. The summed E-state index contributed by atoms with van der Waals surface area (Å²) in [4.78, 5) is 4.59. The topological polar surface area (TPSA) is 80.2 Å². The van der Waals surface area contributed by atoms with Crippen molar-refractivity contribution in [1.82, 2.24) is 9.73 Å². The maximum Gasteiger partial charge on any atom is 0.276 e. The van der Waals surface area contributed by atoms with Gasteiger partial charge in [0.05, 0.1) is 25.2 Å². The van der Waals surface area contributed by atoms with Gasteiger partial charge in [-0.05, 0) is 47.2 Å². The number of hydrogen-bond acceptors (Lipinski definition) is 5. The summed E-state index contributed by atoms with van der Waals surface area (Å²) < 4.78 is 36.5. The van der Waals surface area contributed by atoms with Gasteiger partial charge in [-0.15, -0.1) is 5.10 Å². The lowest BCUT2D eigenvalue weighted by molar-refractivity contribution is 0.0681. The smallest absolute Gasteiger partial charge is 0.276 e. The Morgan fingerprint density at radius 3 is 2.40 bits per heavy atom. The van der Waals surface area contributed by atoms with Crippen LogP contribution in [0.15, 0.2) is 76.7 Å². The minimum atomic E-state index is -3.83. The molecule has 0 bridgehead atoms. The molecule has 0 saturated carbocycles. The van der Waals surface area contributed by atoms with Crippen LogP contribution in [-0.4, -0.2) is 52.6 Å². The molecule has 8 heteroatoms. The molecule has 0 aromatic heterocycles. The van der Waals surface area contributed by atoms with Gasteiger partial charge in [0.2, 0.25) is 0 Å². The molecular weight excluding hydrogens is 402 g/mol. The van der Waals surface area contributed by atoms with Crippen LogP contribution in [0.25, 0.3) is 10.8 Å². The summed E-state index contributed by atoms with van der Waals surface area (Å²) in [6, 6.07) is 20.0. The van der Waals surface area contributed by atoms with Gasteiger partial charge in [-0.1, -0.05) is 30.3 Å². The van der Waals surface area contributed by atoms with E-state index >= 15 is 0 Å². The van der Waals surface area contributed by atoms with Crippen molar-refractivity contribution in [3.8, 4) is 5.75 Å². The number of methoxy groups -OCH3 is 1. The van der Waals surface area contributed by atoms with E-state index in [1.54, 1.807) is 25.3 Å². The first kappa shape index (κ1) is 20.2. The van der Waals surface area contributed by atoms with Crippen molar-refractivity contribution in [3.63, 3.8) is 0 Å². The second-order valence-electron chi connectivity index (χ2n) is 6.87. The number of sulfonamides is 1. The normalized spacial score (nSPS) is 15.2. The first-order valence-corrected chi connectivity index (χ1v) is 11.1. The van der Waals surface area contributed by atoms with E-state index in [1.807, 2.05) is 53.4 Å². The molecule has 0 aliphatic carbocycles. The van der Waals surface area contributed by atoms with Crippen LogP contribution in [0.2, 0.25) is 0 Å². The predicted molar refractivity (Wildman–Crippen MR) is 116 cm³/mol. The molecule has 1 heterocycles. The van der Waals surface area contributed by atoms with E-state index in [9.17, 15) is 8.42 Å². The third kappa shape index (κ3) is 4.39. The van der Waals surface area contributed by atoms with Gasteiger partial charge in [-0.2, -0.15) is 13.2 Å². The summed E-state index contributed by atoms with van der Waals surface area (Å²) in [5.41, 5.74) is 0.791. The summed E-state index contributed by atoms with van der Waals surface area (Å²) in [6.07, 6.45) is 0. The summed E-state index contributed by atoms with van der Waals surface area (Å²) in [5, 5.41) is 6.14. The molecule has 0 radical (unpaired) electrons. The molecule has 1 N–H and O–H groups in total. The second-order valence-corrected chi connectivity index (χ2v) is 8.53. The molecule has 3 aromatic rings. The lowest BCUT2D eigenvalue weighted by Crippen LogP contribution is -2.42. The zero-order valence-corrected chi connectivity index (χ0v) is 17.4. The molecule has 0 unspecified atom stereocenters. The monoisotopic (exact) mass is 425 g/mol. The first-order chi connectivity index (χ1) is 14.6. The average molecular weight is 426 g/mol. The first-order valence-electron chi connectivity index (χ1n) is 9.62. The Morgan fingerprint density at radius 1 is 1.00 bits per heavy atom. The molecule has 1 saturated heterocycles. The number of fused-ring (bicyclic) bond motifs is 1. The highest BCUT2D eigenvalue weighted by molar-refractivity contribution is 7.89. The van der Waals surface area contributed by atoms with Crippen LogP contribution in [0.1, 0.15) is 5.56 Å². The van der Waals surface area contributed by atoms with Crippen molar-refractivity contribution in [2.45, 2.75) is 4.90 Å². The van der Waals surface area contributed by atoms with Gasteiger partial charge >= 0.3 is 0 Å². The molecule has 0 spiro atoms. The highest BCUT2D eigenvalue weighted by Gasteiger charge is 2.20. The minimum absolute atomic E-state index is 0.168.